The van der Waals surface area contributed by atoms with E-state index in [4.69, 9.17) is 0 Å². The number of benzene rings is 1. The van der Waals surface area contributed by atoms with Gasteiger partial charge in [0.1, 0.15) is 11.6 Å². The lowest BCUT2D eigenvalue weighted by Crippen LogP contribution is -2.14. The van der Waals surface area contributed by atoms with Crippen molar-refractivity contribution in [3.63, 3.8) is 0 Å². The number of hydrogen-bond donors (Lipinski definition) is 1. The molecule has 0 spiro atoms. The van der Waals surface area contributed by atoms with E-state index in [1.165, 1.54) is 6.07 Å². The maximum absolute atomic E-state index is 13.3. The monoisotopic (exact) mass is 234 g/mol. The first kappa shape index (κ1) is 11.7. The van der Waals surface area contributed by atoms with Crippen LogP contribution >= 0.6 is 0 Å². The van der Waals surface area contributed by atoms with Crippen LogP contribution in [0.4, 0.5) is 8.78 Å². The minimum atomic E-state index is -0.430. The van der Waals surface area contributed by atoms with Gasteiger partial charge in [-0.2, -0.15) is 0 Å². The summed E-state index contributed by atoms with van der Waals surface area (Å²) >= 11 is 0. The average molecular weight is 234 g/mol. The first-order valence-electron chi connectivity index (χ1n) is 5.30. The van der Waals surface area contributed by atoms with E-state index >= 15 is 0 Å². The number of pyridine rings is 1. The Morgan fingerprint density at radius 1 is 1.06 bits per heavy atom. The maximum Gasteiger partial charge on any atom is 0.127 e. The zero-order valence-corrected chi connectivity index (χ0v) is 9.16. The van der Waals surface area contributed by atoms with Crippen molar-refractivity contribution in [1.29, 1.82) is 0 Å². The van der Waals surface area contributed by atoms with Crippen LogP contribution in [0.2, 0.25) is 0 Å². The Labute approximate surface area is 98.3 Å². The molecule has 0 aliphatic carbocycles. The van der Waals surface area contributed by atoms with Gasteiger partial charge < -0.3 is 5.32 Å². The summed E-state index contributed by atoms with van der Waals surface area (Å²) in [5, 5.41) is 3.02. The van der Waals surface area contributed by atoms with E-state index in [0.717, 1.165) is 17.8 Å². The molecule has 0 aliphatic rings. The van der Waals surface area contributed by atoms with Gasteiger partial charge in [0.15, 0.2) is 0 Å². The van der Waals surface area contributed by atoms with Gasteiger partial charge in [0, 0.05) is 24.8 Å². The first-order chi connectivity index (χ1) is 8.25. The van der Waals surface area contributed by atoms with Crippen molar-refractivity contribution in [3.8, 4) is 0 Å². The lowest BCUT2D eigenvalue weighted by molar-refractivity contribution is 0.567. The highest BCUT2D eigenvalue weighted by Crippen LogP contribution is 2.09. The Hall–Kier alpha value is -1.81. The van der Waals surface area contributed by atoms with Crippen LogP contribution < -0.4 is 5.32 Å². The summed E-state index contributed by atoms with van der Waals surface area (Å²) in [7, 11) is 0. The standard InChI is InChI=1S/C13H12F2N2/c14-11-4-5-13(15)10(7-11)8-16-9-12-3-1-2-6-17-12/h1-7,16H,8-9H2. The summed E-state index contributed by atoms with van der Waals surface area (Å²) in [6.07, 6.45) is 1.69. The third kappa shape index (κ3) is 3.32. The molecule has 4 heteroatoms. The number of aromatic nitrogens is 1. The van der Waals surface area contributed by atoms with E-state index in [-0.39, 0.29) is 6.54 Å². The minimum absolute atomic E-state index is 0.278. The minimum Gasteiger partial charge on any atom is -0.307 e. The molecule has 17 heavy (non-hydrogen) atoms. The van der Waals surface area contributed by atoms with Gasteiger partial charge in [-0.1, -0.05) is 6.07 Å². The number of nitrogens with zero attached hydrogens (tertiary/aromatic N) is 1. The largest absolute Gasteiger partial charge is 0.307 e. The molecule has 0 radical (unpaired) electrons. The fourth-order valence-corrected chi connectivity index (χ4v) is 1.51. The van der Waals surface area contributed by atoms with Crippen molar-refractivity contribution in [2.24, 2.45) is 0 Å². The Bertz CT molecular complexity index is 486. The molecular weight excluding hydrogens is 222 g/mol. The van der Waals surface area contributed by atoms with Crippen molar-refractivity contribution < 1.29 is 8.78 Å². The van der Waals surface area contributed by atoms with Gasteiger partial charge in [0.2, 0.25) is 0 Å². The van der Waals surface area contributed by atoms with E-state index < -0.39 is 11.6 Å². The summed E-state index contributed by atoms with van der Waals surface area (Å²) in [6, 6.07) is 9.02. The normalized spacial score (nSPS) is 10.5. The highest BCUT2D eigenvalue weighted by atomic mass is 19.1. The van der Waals surface area contributed by atoms with Crippen LogP contribution in [0.15, 0.2) is 42.6 Å². The molecule has 0 unspecified atom stereocenters. The zero-order chi connectivity index (χ0) is 12.1. The zero-order valence-electron chi connectivity index (χ0n) is 9.16. The van der Waals surface area contributed by atoms with Crippen molar-refractivity contribution in [2.45, 2.75) is 13.1 Å². The number of halogens is 2. The molecular formula is C13H12F2N2. The van der Waals surface area contributed by atoms with E-state index in [9.17, 15) is 8.78 Å². The van der Waals surface area contributed by atoms with E-state index in [1.807, 2.05) is 18.2 Å². The smallest absolute Gasteiger partial charge is 0.127 e. The molecule has 1 aromatic carbocycles. The molecule has 0 saturated carbocycles. The topological polar surface area (TPSA) is 24.9 Å². The molecule has 0 fully saturated rings. The second kappa shape index (κ2) is 5.50. The van der Waals surface area contributed by atoms with Crippen LogP contribution in [-0.4, -0.2) is 4.98 Å². The van der Waals surface area contributed by atoms with Gasteiger partial charge in [0.05, 0.1) is 5.69 Å². The lowest BCUT2D eigenvalue weighted by atomic mass is 10.2. The van der Waals surface area contributed by atoms with Gasteiger partial charge in [-0.05, 0) is 30.3 Å². The molecule has 2 nitrogen and oxygen atoms in total. The second-order valence-electron chi connectivity index (χ2n) is 3.66. The van der Waals surface area contributed by atoms with Crippen LogP contribution in [-0.2, 0) is 13.1 Å². The van der Waals surface area contributed by atoms with Crippen molar-refractivity contribution in [1.82, 2.24) is 10.3 Å². The number of hydrogen-bond acceptors (Lipinski definition) is 2. The summed E-state index contributed by atoms with van der Waals surface area (Å²) in [6.45, 7) is 0.803. The predicted octanol–water partition coefficient (Wildman–Crippen LogP) is 2.65. The molecule has 0 aliphatic heterocycles. The van der Waals surface area contributed by atoms with Gasteiger partial charge in [-0.15, -0.1) is 0 Å². The quantitative estimate of drug-likeness (QED) is 0.879. The highest BCUT2D eigenvalue weighted by molar-refractivity contribution is 5.18. The summed E-state index contributed by atoms with van der Waals surface area (Å²) in [5.74, 6) is -0.832. The van der Waals surface area contributed by atoms with Gasteiger partial charge in [0.25, 0.3) is 0 Å². The van der Waals surface area contributed by atoms with E-state index in [1.54, 1.807) is 6.20 Å². The van der Waals surface area contributed by atoms with Crippen LogP contribution in [0, 0.1) is 11.6 Å². The highest BCUT2D eigenvalue weighted by Gasteiger charge is 2.03. The molecule has 88 valence electrons. The van der Waals surface area contributed by atoms with Crippen LogP contribution in [0.3, 0.4) is 0 Å². The third-order valence-electron chi connectivity index (χ3n) is 2.36. The second-order valence-corrected chi connectivity index (χ2v) is 3.66. The Kier molecular flexibility index (Phi) is 3.77. The van der Waals surface area contributed by atoms with Crippen LogP contribution in [0.25, 0.3) is 0 Å². The average Bonchev–Trinajstić information content (AvgIpc) is 2.35. The Morgan fingerprint density at radius 2 is 1.94 bits per heavy atom. The van der Waals surface area contributed by atoms with E-state index in [0.29, 0.717) is 12.1 Å². The fourth-order valence-electron chi connectivity index (χ4n) is 1.51. The van der Waals surface area contributed by atoms with Gasteiger partial charge in [-0.25, -0.2) is 8.78 Å². The van der Waals surface area contributed by atoms with Gasteiger partial charge >= 0.3 is 0 Å². The SMILES string of the molecule is Fc1ccc(F)c(CNCc2ccccn2)c1. The maximum atomic E-state index is 13.3. The molecule has 2 rings (SSSR count). The Morgan fingerprint density at radius 3 is 2.71 bits per heavy atom. The van der Waals surface area contributed by atoms with Crippen molar-refractivity contribution >= 4 is 0 Å². The molecule has 0 saturated heterocycles. The molecule has 0 amide bonds. The molecule has 1 N–H and O–H groups in total. The van der Waals surface area contributed by atoms with Crippen molar-refractivity contribution in [2.75, 3.05) is 0 Å². The third-order valence-corrected chi connectivity index (χ3v) is 2.36. The summed E-state index contributed by atoms with van der Waals surface area (Å²) in [5.41, 5.74) is 1.19. The molecule has 1 aromatic heterocycles. The summed E-state index contributed by atoms with van der Waals surface area (Å²) in [4.78, 5) is 4.12. The molecule has 0 atom stereocenters. The fraction of sp³-hybridized carbons (Fsp3) is 0.154. The first-order valence-corrected chi connectivity index (χ1v) is 5.30. The Balaban J connectivity index is 1.92. The lowest BCUT2D eigenvalue weighted by Gasteiger charge is -2.05. The van der Waals surface area contributed by atoms with Gasteiger partial charge in [-0.3, -0.25) is 4.98 Å². The molecule has 0 bridgehead atoms. The molecule has 2 aromatic rings. The van der Waals surface area contributed by atoms with Crippen molar-refractivity contribution in [3.05, 3.63) is 65.5 Å². The van der Waals surface area contributed by atoms with Crippen LogP contribution in [0.1, 0.15) is 11.3 Å². The predicted molar refractivity (Wildman–Crippen MR) is 61.1 cm³/mol. The number of rotatable bonds is 4. The summed E-state index contributed by atoms with van der Waals surface area (Å²) < 4.78 is 26.2. The number of nitrogens with one attached hydrogen (secondary N) is 1. The van der Waals surface area contributed by atoms with E-state index in [2.05, 4.69) is 10.3 Å². The molecule has 1 heterocycles. The van der Waals surface area contributed by atoms with Crippen LogP contribution in [0.5, 0.6) is 0 Å².